The van der Waals surface area contributed by atoms with Crippen LogP contribution in [0, 0.1) is 0 Å². The standard InChI is InChI=1S/C28H26N4O5/c1-4-37-28(34)30-25-15-18-10-9-17(14-22(18)29-25)21-11-16(13-24(35-2)26(21)36-3)12-23-19-7-5-6-8-20(19)27(33)32-31-23/h5-11,13-14H,4,12,15H2,1-3H3,(H,32,33)(H,29,30,34). The van der Waals surface area contributed by atoms with E-state index in [9.17, 15) is 9.59 Å². The number of nitrogens with one attached hydrogen (secondary N) is 2. The largest absolute Gasteiger partial charge is 0.493 e. The van der Waals surface area contributed by atoms with E-state index in [0.717, 1.165) is 39.0 Å². The van der Waals surface area contributed by atoms with Gasteiger partial charge in [-0.25, -0.2) is 14.9 Å². The molecule has 0 radical (unpaired) electrons. The van der Waals surface area contributed by atoms with Gasteiger partial charge in [-0.2, -0.15) is 5.10 Å². The SMILES string of the molecule is CCOC(=O)NC1=Nc2cc(-c3cc(Cc4n[nH]c(=O)c5ccccc45)cc(OC)c3OC)ccc2C1. The third-order valence-corrected chi connectivity index (χ3v) is 6.22. The van der Waals surface area contributed by atoms with Gasteiger partial charge < -0.3 is 14.2 Å². The van der Waals surface area contributed by atoms with Crippen molar-refractivity contribution >= 4 is 28.4 Å². The molecule has 0 spiro atoms. The van der Waals surface area contributed by atoms with Crippen LogP contribution in [0.3, 0.4) is 0 Å². The van der Waals surface area contributed by atoms with Gasteiger partial charge in [-0.15, -0.1) is 0 Å². The molecule has 9 nitrogen and oxygen atoms in total. The lowest BCUT2D eigenvalue weighted by atomic mass is 9.96. The van der Waals surface area contributed by atoms with Gasteiger partial charge in [0.25, 0.3) is 5.56 Å². The van der Waals surface area contributed by atoms with Gasteiger partial charge in [-0.3, -0.25) is 10.1 Å². The van der Waals surface area contributed by atoms with E-state index in [0.29, 0.717) is 42.2 Å². The number of alkyl carbamates (subject to hydrolysis) is 1. The third kappa shape index (κ3) is 4.75. The number of ether oxygens (including phenoxy) is 3. The van der Waals surface area contributed by atoms with Crippen LogP contribution in [0.25, 0.3) is 21.9 Å². The summed E-state index contributed by atoms with van der Waals surface area (Å²) in [7, 11) is 3.20. The molecule has 3 aromatic carbocycles. The first-order valence-corrected chi connectivity index (χ1v) is 11.9. The first kappa shape index (κ1) is 24.1. The van der Waals surface area contributed by atoms with Crippen LogP contribution in [-0.4, -0.2) is 43.0 Å². The van der Waals surface area contributed by atoms with Crippen molar-refractivity contribution in [1.82, 2.24) is 15.5 Å². The third-order valence-electron chi connectivity index (χ3n) is 6.22. The molecule has 5 rings (SSSR count). The van der Waals surface area contributed by atoms with Gasteiger partial charge in [0.15, 0.2) is 11.5 Å². The summed E-state index contributed by atoms with van der Waals surface area (Å²) in [5.41, 5.74) is 4.95. The molecule has 1 aromatic heterocycles. The van der Waals surface area contributed by atoms with Crippen LogP contribution in [0.2, 0.25) is 0 Å². The molecule has 1 aliphatic rings. The van der Waals surface area contributed by atoms with E-state index < -0.39 is 6.09 Å². The number of carbonyl (C=O) groups is 1. The van der Waals surface area contributed by atoms with Crippen molar-refractivity contribution in [3.8, 4) is 22.6 Å². The molecule has 9 heteroatoms. The molecule has 2 N–H and O–H groups in total. The maximum Gasteiger partial charge on any atom is 0.412 e. The van der Waals surface area contributed by atoms with Gasteiger partial charge in [0.2, 0.25) is 0 Å². The Kier molecular flexibility index (Phi) is 6.59. The number of fused-ring (bicyclic) bond motifs is 2. The van der Waals surface area contributed by atoms with Crippen molar-refractivity contribution in [2.75, 3.05) is 20.8 Å². The number of benzene rings is 3. The van der Waals surface area contributed by atoms with Crippen LogP contribution in [-0.2, 0) is 17.6 Å². The molecule has 0 saturated heterocycles. The van der Waals surface area contributed by atoms with Crippen LogP contribution < -0.4 is 20.3 Å². The van der Waals surface area contributed by atoms with E-state index >= 15 is 0 Å². The Hall–Kier alpha value is -4.66. The van der Waals surface area contributed by atoms with Crippen LogP contribution >= 0.6 is 0 Å². The molecule has 0 fully saturated rings. The fourth-order valence-electron chi connectivity index (χ4n) is 4.54. The minimum absolute atomic E-state index is 0.220. The summed E-state index contributed by atoms with van der Waals surface area (Å²) < 4.78 is 16.4. The molecule has 2 heterocycles. The Balaban J connectivity index is 1.54. The number of methoxy groups -OCH3 is 2. The summed E-state index contributed by atoms with van der Waals surface area (Å²) in [6.45, 7) is 2.04. The number of hydrogen-bond acceptors (Lipinski definition) is 7. The molecule has 1 amide bonds. The minimum atomic E-state index is -0.517. The van der Waals surface area contributed by atoms with E-state index in [2.05, 4.69) is 20.5 Å². The molecule has 0 unspecified atom stereocenters. The Labute approximate surface area is 213 Å². The number of aliphatic imine (C=N–C) groups is 1. The van der Waals surface area contributed by atoms with Gasteiger partial charge in [0, 0.05) is 23.8 Å². The second-order valence-corrected chi connectivity index (χ2v) is 8.52. The zero-order chi connectivity index (χ0) is 25.9. The van der Waals surface area contributed by atoms with Crippen molar-refractivity contribution in [3.05, 3.63) is 81.8 Å². The molecular weight excluding hydrogens is 472 g/mol. The minimum Gasteiger partial charge on any atom is -0.493 e. The number of aromatic nitrogens is 2. The highest BCUT2D eigenvalue weighted by Gasteiger charge is 2.20. The quantitative estimate of drug-likeness (QED) is 0.404. The average Bonchev–Trinajstić information content (AvgIpc) is 3.31. The number of hydrogen-bond donors (Lipinski definition) is 2. The maximum atomic E-state index is 12.2. The smallest absolute Gasteiger partial charge is 0.412 e. The van der Waals surface area contributed by atoms with Crippen molar-refractivity contribution in [2.45, 2.75) is 19.8 Å². The Morgan fingerprint density at radius 3 is 2.62 bits per heavy atom. The van der Waals surface area contributed by atoms with Crippen molar-refractivity contribution < 1.29 is 19.0 Å². The molecule has 37 heavy (non-hydrogen) atoms. The highest BCUT2D eigenvalue weighted by atomic mass is 16.5. The fourth-order valence-corrected chi connectivity index (χ4v) is 4.54. The van der Waals surface area contributed by atoms with Gasteiger partial charge >= 0.3 is 6.09 Å². The first-order valence-electron chi connectivity index (χ1n) is 11.9. The molecule has 0 saturated carbocycles. The van der Waals surface area contributed by atoms with Crippen LogP contribution in [0.5, 0.6) is 11.5 Å². The molecular formula is C28H26N4O5. The number of nitrogens with zero attached hydrogens (tertiary/aromatic N) is 2. The van der Waals surface area contributed by atoms with Gasteiger partial charge in [-0.05, 0) is 47.9 Å². The second kappa shape index (κ2) is 10.1. The summed E-state index contributed by atoms with van der Waals surface area (Å²) in [5.74, 6) is 1.72. The average molecular weight is 499 g/mol. The summed E-state index contributed by atoms with van der Waals surface area (Å²) >= 11 is 0. The van der Waals surface area contributed by atoms with Gasteiger partial charge in [0.05, 0.1) is 37.6 Å². The summed E-state index contributed by atoms with van der Waals surface area (Å²) in [5, 5.41) is 11.0. The van der Waals surface area contributed by atoms with E-state index in [1.54, 1.807) is 27.2 Å². The van der Waals surface area contributed by atoms with E-state index in [-0.39, 0.29) is 5.56 Å². The van der Waals surface area contributed by atoms with Crippen molar-refractivity contribution in [2.24, 2.45) is 4.99 Å². The van der Waals surface area contributed by atoms with Gasteiger partial charge in [-0.1, -0.05) is 30.3 Å². The van der Waals surface area contributed by atoms with E-state index in [1.165, 1.54) is 0 Å². The fraction of sp³-hybridized carbons (Fsp3) is 0.214. The molecule has 1 aliphatic heterocycles. The molecule has 4 aromatic rings. The van der Waals surface area contributed by atoms with E-state index in [4.69, 9.17) is 14.2 Å². The normalized spacial score (nSPS) is 12.1. The number of amides is 1. The van der Waals surface area contributed by atoms with Crippen LogP contribution in [0.4, 0.5) is 10.5 Å². The number of H-pyrrole nitrogens is 1. The lowest BCUT2D eigenvalue weighted by molar-refractivity contribution is 0.157. The summed E-state index contributed by atoms with van der Waals surface area (Å²) in [4.78, 5) is 28.6. The molecule has 0 aliphatic carbocycles. The lowest BCUT2D eigenvalue weighted by Crippen LogP contribution is -2.30. The predicted octanol–water partition coefficient (Wildman–Crippen LogP) is 4.53. The first-order chi connectivity index (χ1) is 18.0. The molecule has 0 bridgehead atoms. The Bertz CT molecular complexity index is 1590. The van der Waals surface area contributed by atoms with Crippen LogP contribution in [0.1, 0.15) is 23.7 Å². The topological polar surface area (TPSA) is 115 Å². The Morgan fingerprint density at radius 2 is 1.86 bits per heavy atom. The monoisotopic (exact) mass is 498 g/mol. The lowest BCUT2D eigenvalue weighted by Gasteiger charge is -2.16. The summed E-state index contributed by atoms with van der Waals surface area (Å²) in [6, 6.07) is 17.3. The number of carbonyl (C=O) groups excluding carboxylic acids is 1. The van der Waals surface area contributed by atoms with Crippen molar-refractivity contribution in [1.29, 1.82) is 0 Å². The second-order valence-electron chi connectivity index (χ2n) is 8.52. The van der Waals surface area contributed by atoms with Gasteiger partial charge in [0.1, 0.15) is 5.84 Å². The Morgan fingerprint density at radius 1 is 1.05 bits per heavy atom. The van der Waals surface area contributed by atoms with E-state index in [1.807, 2.05) is 48.5 Å². The molecule has 0 atom stereocenters. The highest BCUT2D eigenvalue weighted by molar-refractivity contribution is 6.01. The highest BCUT2D eigenvalue weighted by Crippen LogP contribution is 2.42. The summed E-state index contributed by atoms with van der Waals surface area (Å²) in [6.07, 6.45) is 0.470. The predicted molar refractivity (Wildman–Crippen MR) is 141 cm³/mol. The number of amidine groups is 1. The maximum absolute atomic E-state index is 12.2. The number of rotatable bonds is 6. The number of aromatic amines is 1. The van der Waals surface area contributed by atoms with Crippen molar-refractivity contribution in [3.63, 3.8) is 0 Å². The molecule has 188 valence electrons. The zero-order valence-corrected chi connectivity index (χ0v) is 20.8. The van der Waals surface area contributed by atoms with Crippen LogP contribution in [0.15, 0.2) is 64.4 Å². The zero-order valence-electron chi connectivity index (χ0n) is 20.8.